The van der Waals surface area contributed by atoms with Crippen molar-refractivity contribution in [1.82, 2.24) is 14.5 Å². The van der Waals surface area contributed by atoms with Gasteiger partial charge in [-0.1, -0.05) is 42.5 Å². The highest BCUT2D eigenvalue weighted by molar-refractivity contribution is 5.85. The van der Waals surface area contributed by atoms with Crippen molar-refractivity contribution >= 4 is 29.2 Å². The standard InChI is InChI=1S/C20H20N4O2.ClH/c21-17-11-23(10-16(17)14-6-2-1-3-7-14)19(25)12-24-13-22-18-9-5-4-8-15(18)20(24)26;/h1-9,13,16-17H,10-12,21H2;1H/t16-,17+;/m0./s1. The van der Waals surface area contributed by atoms with E-state index in [0.29, 0.717) is 24.0 Å². The zero-order chi connectivity index (χ0) is 18.1. The molecule has 6 nitrogen and oxygen atoms in total. The van der Waals surface area contributed by atoms with Gasteiger partial charge in [0.05, 0.1) is 17.2 Å². The van der Waals surface area contributed by atoms with Gasteiger partial charge >= 0.3 is 0 Å². The lowest BCUT2D eigenvalue weighted by Gasteiger charge is -2.17. The third kappa shape index (κ3) is 3.72. The largest absolute Gasteiger partial charge is 0.339 e. The molecule has 27 heavy (non-hydrogen) atoms. The van der Waals surface area contributed by atoms with Crippen molar-refractivity contribution in [1.29, 1.82) is 0 Å². The highest BCUT2D eigenvalue weighted by atomic mass is 35.5. The Kier molecular flexibility index (Phi) is 5.58. The van der Waals surface area contributed by atoms with Crippen molar-refractivity contribution in [3.05, 3.63) is 76.8 Å². The number of likely N-dealkylation sites (tertiary alicyclic amines) is 1. The summed E-state index contributed by atoms with van der Waals surface area (Å²) in [6.07, 6.45) is 1.44. The van der Waals surface area contributed by atoms with Crippen LogP contribution in [0.25, 0.3) is 10.9 Å². The smallest absolute Gasteiger partial charge is 0.261 e. The predicted octanol–water partition coefficient (Wildman–Crippen LogP) is 1.77. The van der Waals surface area contributed by atoms with Crippen molar-refractivity contribution in [3.8, 4) is 0 Å². The first-order valence-electron chi connectivity index (χ1n) is 8.66. The molecule has 1 aliphatic rings. The number of hydrogen-bond acceptors (Lipinski definition) is 4. The van der Waals surface area contributed by atoms with Crippen LogP contribution in [0.5, 0.6) is 0 Å². The summed E-state index contributed by atoms with van der Waals surface area (Å²) in [5.41, 5.74) is 7.83. The number of aromatic nitrogens is 2. The Balaban J connectivity index is 0.00000210. The van der Waals surface area contributed by atoms with Crippen LogP contribution in [0.1, 0.15) is 11.5 Å². The molecule has 7 heteroatoms. The van der Waals surface area contributed by atoms with E-state index in [0.717, 1.165) is 5.56 Å². The summed E-state index contributed by atoms with van der Waals surface area (Å²) in [5, 5.41) is 0.517. The van der Waals surface area contributed by atoms with Gasteiger partial charge in [0.2, 0.25) is 5.91 Å². The number of rotatable bonds is 3. The number of fused-ring (bicyclic) bond motifs is 1. The summed E-state index contributed by atoms with van der Waals surface area (Å²) in [6, 6.07) is 17.0. The van der Waals surface area contributed by atoms with Crippen LogP contribution < -0.4 is 11.3 Å². The molecule has 0 saturated carbocycles. The first-order valence-corrected chi connectivity index (χ1v) is 8.66. The second kappa shape index (κ2) is 7.90. The molecule has 0 radical (unpaired) electrons. The number of hydrogen-bond donors (Lipinski definition) is 1. The van der Waals surface area contributed by atoms with Crippen LogP contribution in [0.2, 0.25) is 0 Å². The average molecular weight is 385 g/mol. The highest BCUT2D eigenvalue weighted by Gasteiger charge is 2.33. The van der Waals surface area contributed by atoms with Gasteiger partial charge in [-0.3, -0.25) is 14.2 Å². The van der Waals surface area contributed by atoms with Gasteiger partial charge < -0.3 is 10.6 Å². The SMILES string of the molecule is Cl.N[C@@H]1CN(C(=O)Cn2cnc3ccccc3c2=O)C[C@H]1c1ccccc1. The monoisotopic (exact) mass is 384 g/mol. The molecule has 140 valence electrons. The van der Waals surface area contributed by atoms with E-state index in [2.05, 4.69) is 4.98 Å². The maximum Gasteiger partial charge on any atom is 0.261 e. The van der Waals surface area contributed by atoms with Crippen LogP contribution in [0.3, 0.4) is 0 Å². The predicted molar refractivity (Wildman–Crippen MR) is 107 cm³/mol. The minimum Gasteiger partial charge on any atom is -0.339 e. The Hall–Kier alpha value is -2.70. The molecule has 1 amide bonds. The summed E-state index contributed by atoms with van der Waals surface area (Å²) >= 11 is 0. The molecule has 2 N–H and O–H groups in total. The molecular weight excluding hydrogens is 364 g/mol. The Morgan fingerprint density at radius 2 is 1.78 bits per heavy atom. The van der Waals surface area contributed by atoms with Gasteiger partial charge in [-0.2, -0.15) is 0 Å². The maximum atomic E-state index is 12.7. The topological polar surface area (TPSA) is 81.2 Å². The highest BCUT2D eigenvalue weighted by Crippen LogP contribution is 2.26. The Labute approximate surface area is 163 Å². The number of carbonyl (C=O) groups is 1. The van der Waals surface area contributed by atoms with Crippen molar-refractivity contribution in [2.24, 2.45) is 5.73 Å². The van der Waals surface area contributed by atoms with Gasteiger partial charge in [-0.05, 0) is 17.7 Å². The maximum absolute atomic E-state index is 12.7. The minimum absolute atomic E-state index is 0. The van der Waals surface area contributed by atoms with Gasteiger partial charge in [0.15, 0.2) is 0 Å². The molecule has 1 aromatic heterocycles. The van der Waals surface area contributed by atoms with Crippen LogP contribution in [0.15, 0.2) is 65.7 Å². The molecule has 4 rings (SSSR count). The fourth-order valence-corrected chi connectivity index (χ4v) is 3.55. The van der Waals surface area contributed by atoms with Crippen LogP contribution in [-0.2, 0) is 11.3 Å². The Morgan fingerprint density at radius 3 is 2.56 bits per heavy atom. The number of amides is 1. The lowest BCUT2D eigenvalue weighted by atomic mass is 9.95. The van der Waals surface area contributed by atoms with Gasteiger partial charge in [-0.15, -0.1) is 12.4 Å². The van der Waals surface area contributed by atoms with Crippen LogP contribution in [0.4, 0.5) is 0 Å². The number of halogens is 1. The molecule has 2 heterocycles. The number of nitrogens with zero attached hydrogens (tertiary/aromatic N) is 3. The van der Waals surface area contributed by atoms with E-state index in [1.165, 1.54) is 10.9 Å². The summed E-state index contributed by atoms with van der Waals surface area (Å²) < 4.78 is 1.37. The van der Waals surface area contributed by atoms with Gasteiger partial charge in [-0.25, -0.2) is 4.98 Å². The quantitative estimate of drug-likeness (QED) is 0.746. The summed E-state index contributed by atoms with van der Waals surface area (Å²) in [6.45, 7) is 1.04. The average Bonchev–Trinajstić information content (AvgIpc) is 3.07. The molecule has 2 aromatic carbocycles. The molecule has 3 aromatic rings. The first kappa shape index (κ1) is 19.1. The normalized spacial score (nSPS) is 19.1. The molecule has 1 aliphatic heterocycles. The van der Waals surface area contributed by atoms with Gasteiger partial charge in [0, 0.05) is 25.0 Å². The van der Waals surface area contributed by atoms with Crippen molar-refractivity contribution < 1.29 is 4.79 Å². The molecule has 1 saturated heterocycles. The minimum atomic E-state index is -0.202. The first-order chi connectivity index (χ1) is 12.6. The molecule has 0 aliphatic carbocycles. The molecule has 0 unspecified atom stereocenters. The van der Waals surface area contributed by atoms with E-state index in [4.69, 9.17) is 5.73 Å². The van der Waals surface area contributed by atoms with Crippen LogP contribution in [0, 0.1) is 0 Å². The fourth-order valence-electron chi connectivity index (χ4n) is 3.55. The van der Waals surface area contributed by atoms with E-state index in [1.807, 2.05) is 36.4 Å². The Morgan fingerprint density at radius 1 is 1.07 bits per heavy atom. The third-order valence-electron chi connectivity index (χ3n) is 4.98. The molecule has 2 atom stereocenters. The lowest BCUT2D eigenvalue weighted by Crippen LogP contribution is -2.36. The van der Waals surface area contributed by atoms with Crippen molar-refractivity contribution in [2.75, 3.05) is 13.1 Å². The van der Waals surface area contributed by atoms with Crippen LogP contribution >= 0.6 is 12.4 Å². The van der Waals surface area contributed by atoms with E-state index >= 15 is 0 Å². The van der Waals surface area contributed by atoms with E-state index in [9.17, 15) is 9.59 Å². The summed E-state index contributed by atoms with van der Waals surface area (Å²) in [5.74, 6) is 0.00432. The van der Waals surface area contributed by atoms with E-state index < -0.39 is 0 Å². The molecule has 0 bridgehead atoms. The third-order valence-corrected chi connectivity index (χ3v) is 4.98. The lowest BCUT2D eigenvalue weighted by molar-refractivity contribution is -0.130. The summed E-state index contributed by atoms with van der Waals surface area (Å²) in [4.78, 5) is 31.3. The fraction of sp³-hybridized carbons (Fsp3) is 0.250. The second-order valence-electron chi connectivity index (χ2n) is 6.67. The van der Waals surface area contributed by atoms with Gasteiger partial charge in [0.25, 0.3) is 5.56 Å². The zero-order valence-corrected chi connectivity index (χ0v) is 15.5. The number of para-hydroxylation sites is 1. The number of nitrogens with two attached hydrogens (primary N) is 1. The molecule has 1 fully saturated rings. The van der Waals surface area contributed by atoms with Crippen molar-refractivity contribution in [2.45, 2.75) is 18.5 Å². The zero-order valence-electron chi connectivity index (χ0n) is 14.7. The number of benzene rings is 2. The second-order valence-corrected chi connectivity index (χ2v) is 6.67. The summed E-state index contributed by atoms with van der Waals surface area (Å²) in [7, 11) is 0. The molecular formula is C20H21ClN4O2. The van der Waals surface area contributed by atoms with Crippen LogP contribution in [-0.4, -0.2) is 39.5 Å². The Bertz CT molecular complexity index is 1010. The van der Waals surface area contributed by atoms with E-state index in [-0.39, 0.29) is 42.4 Å². The van der Waals surface area contributed by atoms with Gasteiger partial charge in [0.1, 0.15) is 6.54 Å². The molecule has 0 spiro atoms. The van der Waals surface area contributed by atoms with E-state index in [1.54, 1.807) is 23.1 Å². The number of carbonyl (C=O) groups excluding carboxylic acids is 1. The van der Waals surface area contributed by atoms with Crippen molar-refractivity contribution in [3.63, 3.8) is 0 Å².